The van der Waals surface area contributed by atoms with Crippen molar-refractivity contribution in [3.05, 3.63) is 12.7 Å². The van der Waals surface area contributed by atoms with Crippen molar-refractivity contribution in [2.45, 2.75) is 18.4 Å². The van der Waals surface area contributed by atoms with E-state index in [2.05, 4.69) is 11.5 Å². The molecule has 1 aliphatic heterocycles. The quantitative estimate of drug-likeness (QED) is 0.695. The average Bonchev–Trinajstić information content (AvgIpc) is 2.18. The first-order valence-electron chi connectivity index (χ1n) is 5.27. The lowest BCUT2D eigenvalue weighted by molar-refractivity contribution is -0.153. The van der Waals surface area contributed by atoms with Crippen molar-refractivity contribution in [1.82, 2.24) is 9.80 Å². The maximum Gasteiger partial charge on any atom is 0.324 e. The van der Waals surface area contributed by atoms with Crippen LogP contribution in [0.4, 0.5) is 0 Å². The lowest BCUT2D eigenvalue weighted by Gasteiger charge is -2.42. The van der Waals surface area contributed by atoms with E-state index in [1.54, 1.807) is 0 Å². The Labute approximate surface area is 91.2 Å². The second kappa shape index (κ2) is 4.77. The molecule has 1 saturated heterocycles. The topological polar surface area (TPSA) is 43.8 Å². The Morgan fingerprint density at radius 1 is 1.53 bits per heavy atom. The molecule has 4 nitrogen and oxygen atoms in total. The highest BCUT2D eigenvalue weighted by Gasteiger charge is 2.43. The number of likely N-dealkylation sites (tertiary alicyclic amines) is 1. The van der Waals surface area contributed by atoms with Gasteiger partial charge in [0.1, 0.15) is 5.54 Å². The summed E-state index contributed by atoms with van der Waals surface area (Å²) in [7, 11) is 3.69. The lowest BCUT2D eigenvalue weighted by atomic mass is 9.86. The maximum absolute atomic E-state index is 11.3. The van der Waals surface area contributed by atoms with Gasteiger partial charge in [0.05, 0.1) is 0 Å². The minimum absolute atomic E-state index is 0.669. The minimum Gasteiger partial charge on any atom is -0.480 e. The summed E-state index contributed by atoms with van der Waals surface area (Å²) < 4.78 is 0. The maximum atomic E-state index is 11.3. The zero-order chi connectivity index (χ0) is 11.5. The van der Waals surface area contributed by atoms with E-state index < -0.39 is 11.5 Å². The molecule has 0 aromatic rings. The molecule has 0 spiro atoms. The van der Waals surface area contributed by atoms with Gasteiger partial charge in [-0.15, -0.1) is 6.58 Å². The molecule has 1 heterocycles. The third-order valence-corrected chi connectivity index (χ3v) is 3.32. The Balaban J connectivity index is 2.65. The molecule has 0 aliphatic carbocycles. The number of likely N-dealkylation sites (N-methyl/N-ethyl adjacent to an activating group) is 1. The SMILES string of the molecule is C=CCN1CCC(C(=O)O)(N(C)C)CC1. The first kappa shape index (κ1) is 12.2. The van der Waals surface area contributed by atoms with Crippen molar-refractivity contribution < 1.29 is 9.90 Å². The summed E-state index contributed by atoms with van der Waals surface area (Å²) in [4.78, 5) is 15.4. The van der Waals surface area contributed by atoms with E-state index in [1.165, 1.54) is 0 Å². The summed E-state index contributed by atoms with van der Waals surface area (Å²) in [5.41, 5.74) is -0.669. The van der Waals surface area contributed by atoms with E-state index in [-0.39, 0.29) is 0 Å². The van der Waals surface area contributed by atoms with Crippen LogP contribution in [-0.2, 0) is 4.79 Å². The highest BCUT2D eigenvalue weighted by Crippen LogP contribution is 2.27. The number of carboxylic acids is 1. The number of aliphatic carboxylic acids is 1. The fourth-order valence-electron chi connectivity index (χ4n) is 2.14. The first-order valence-corrected chi connectivity index (χ1v) is 5.27. The molecular weight excluding hydrogens is 192 g/mol. The van der Waals surface area contributed by atoms with Crippen LogP contribution in [0.2, 0.25) is 0 Å². The number of piperidine rings is 1. The molecule has 0 atom stereocenters. The molecule has 4 heteroatoms. The summed E-state index contributed by atoms with van der Waals surface area (Å²) in [5, 5.41) is 9.29. The predicted octanol–water partition coefficient (Wildman–Crippen LogP) is 0.653. The molecule has 0 bridgehead atoms. The molecule has 0 aromatic carbocycles. The van der Waals surface area contributed by atoms with Crippen molar-refractivity contribution in [3.8, 4) is 0 Å². The number of hydrogen-bond donors (Lipinski definition) is 1. The Morgan fingerprint density at radius 2 is 2.07 bits per heavy atom. The number of carboxylic acid groups (broad SMARTS) is 1. The summed E-state index contributed by atoms with van der Waals surface area (Å²) in [5.74, 6) is -0.703. The minimum atomic E-state index is -0.703. The molecule has 0 saturated carbocycles. The molecule has 1 N–H and O–H groups in total. The first-order chi connectivity index (χ1) is 7.03. The van der Waals surface area contributed by atoms with E-state index in [4.69, 9.17) is 0 Å². The van der Waals surface area contributed by atoms with Crippen molar-refractivity contribution in [2.24, 2.45) is 0 Å². The number of hydrogen-bond acceptors (Lipinski definition) is 3. The fourth-order valence-corrected chi connectivity index (χ4v) is 2.14. The van der Waals surface area contributed by atoms with Crippen molar-refractivity contribution in [2.75, 3.05) is 33.7 Å². The van der Waals surface area contributed by atoms with E-state index in [0.717, 1.165) is 19.6 Å². The third-order valence-electron chi connectivity index (χ3n) is 3.32. The summed E-state index contributed by atoms with van der Waals surface area (Å²) >= 11 is 0. The van der Waals surface area contributed by atoms with Crippen LogP contribution < -0.4 is 0 Å². The molecule has 0 amide bonds. The van der Waals surface area contributed by atoms with Crippen LogP contribution in [-0.4, -0.2) is 60.1 Å². The standard InChI is InChI=1S/C11H20N2O2/c1-4-7-13-8-5-11(6-9-13,10(14)15)12(2)3/h4H,1,5-9H2,2-3H3,(H,14,15). The van der Waals surface area contributed by atoms with E-state index in [0.29, 0.717) is 12.8 Å². The van der Waals surface area contributed by atoms with Gasteiger partial charge in [0.2, 0.25) is 0 Å². The Hall–Kier alpha value is -0.870. The molecule has 86 valence electrons. The van der Waals surface area contributed by atoms with Gasteiger partial charge >= 0.3 is 5.97 Å². The molecule has 0 aromatic heterocycles. The van der Waals surface area contributed by atoms with Gasteiger partial charge in [0, 0.05) is 19.6 Å². The van der Waals surface area contributed by atoms with Gasteiger partial charge in [-0.1, -0.05) is 6.08 Å². The van der Waals surface area contributed by atoms with Crippen LogP contribution in [0.3, 0.4) is 0 Å². The van der Waals surface area contributed by atoms with Gasteiger partial charge < -0.3 is 5.11 Å². The van der Waals surface area contributed by atoms with Crippen LogP contribution in [0.1, 0.15) is 12.8 Å². The van der Waals surface area contributed by atoms with Crippen molar-refractivity contribution in [1.29, 1.82) is 0 Å². The smallest absolute Gasteiger partial charge is 0.324 e. The highest BCUT2D eigenvalue weighted by atomic mass is 16.4. The lowest BCUT2D eigenvalue weighted by Crippen LogP contribution is -2.57. The molecule has 1 fully saturated rings. The monoisotopic (exact) mass is 212 g/mol. The van der Waals surface area contributed by atoms with Crippen LogP contribution in [0, 0.1) is 0 Å². The van der Waals surface area contributed by atoms with Gasteiger partial charge in [-0.25, -0.2) is 0 Å². The molecule has 0 unspecified atom stereocenters. The van der Waals surface area contributed by atoms with E-state index >= 15 is 0 Å². The van der Waals surface area contributed by atoms with Gasteiger partial charge in [-0.3, -0.25) is 14.6 Å². The normalized spacial score (nSPS) is 21.5. The molecule has 15 heavy (non-hydrogen) atoms. The molecule has 1 rings (SSSR count). The number of carbonyl (C=O) groups is 1. The van der Waals surface area contributed by atoms with E-state index in [1.807, 2.05) is 25.1 Å². The van der Waals surface area contributed by atoms with Gasteiger partial charge in [0.15, 0.2) is 0 Å². The van der Waals surface area contributed by atoms with E-state index in [9.17, 15) is 9.90 Å². The Morgan fingerprint density at radius 3 is 2.40 bits per heavy atom. The molecule has 0 radical (unpaired) electrons. The Bertz CT molecular complexity index is 243. The van der Waals surface area contributed by atoms with Crippen molar-refractivity contribution >= 4 is 5.97 Å². The zero-order valence-corrected chi connectivity index (χ0v) is 9.57. The number of rotatable bonds is 4. The highest BCUT2D eigenvalue weighted by molar-refractivity contribution is 5.78. The largest absolute Gasteiger partial charge is 0.480 e. The van der Waals surface area contributed by atoms with Crippen LogP contribution in [0.15, 0.2) is 12.7 Å². The van der Waals surface area contributed by atoms with Gasteiger partial charge in [-0.05, 0) is 26.9 Å². The van der Waals surface area contributed by atoms with Crippen LogP contribution >= 0.6 is 0 Å². The Kier molecular flexibility index (Phi) is 3.88. The number of nitrogens with zero attached hydrogens (tertiary/aromatic N) is 2. The fraction of sp³-hybridized carbons (Fsp3) is 0.727. The van der Waals surface area contributed by atoms with Crippen molar-refractivity contribution in [3.63, 3.8) is 0 Å². The summed E-state index contributed by atoms with van der Waals surface area (Å²) in [6.07, 6.45) is 3.23. The molecular formula is C11H20N2O2. The zero-order valence-electron chi connectivity index (χ0n) is 9.57. The average molecular weight is 212 g/mol. The molecule has 1 aliphatic rings. The summed E-state index contributed by atoms with van der Waals surface area (Å²) in [6, 6.07) is 0. The predicted molar refractivity (Wildman–Crippen MR) is 59.9 cm³/mol. The summed E-state index contributed by atoms with van der Waals surface area (Å²) in [6.45, 7) is 6.20. The van der Waals surface area contributed by atoms with Gasteiger partial charge in [0.25, 0.3) is 0 Å². The second-order valence-electron chi connectivity index (χ2n) is 4.32. The van der Waals surface area contributed by atoms with Crippen LogP contribution in [0.5, 0.6) is 0 Å². The van der Waals surface area contributed by atoms with Crippen LogP contribution in [0.25, 0.3) is 0 Å². The second-order valence-corrected chi connectivity index (χ2v) is 4.32. The van der Waals surface area contributed by atoms with Gasteiger partial charge in [-0.2, -0.15) is 0 Å². The third kappa shape index (κ3) is 2.38.